The first-order valence-electron chi connectivity index (χ1n) is 6.40. The van der Waals surface area contributed by atoms with Crippen LogP contribution in [0.1, 0.15) is 12.8 Å². The summed E-state index contributed by atoms with van der Waals surface area (Å²) in [5, 5.41) is 0. The summed E-state index contributed by atoms with van der Waals surface area (Å²) in [6, 6.07) is 0. The van der Waals surface area contributed by atoms with E-state index in [9.17, 15) is 0 Å². The van der Waals surface area contributed by atoms with Gasteiger partial charge in [-0.05, 0) is 7.05 Å². The third-order valence-corrected chi connectivity index (χ3v) is 2.74. The first-order valence-corrected chi connectivity index (χ1v) is 6.40. The molecular formula is C13H33Cl2N3. The van der Waals surface area contributed by atoms with Gasteiger partial charge in [-0.25, -0.2) is 0 Å². The first kappa shape index (κ1) is 23.5. The lowest BCUT2D eigenvalue weighted by Crippen LogP contribution is -3.00. The average Bonchev–Trinajstić information content (AvgIpc) is 1.98. The standard InChI is InChI=1S/C13H33N3.2ClH/c1-14(10-8-12-15(2,3)4)11-9-13-16(5,6)7;;/h8-13H2,1-7H3;2*1H/q+2;;/p-2. The van der Waals surface area contributed by atoms with Gasteiger partial charge in [0.1, 0.15) is 0 Å². The maximum absolute atomic E-state index is 2.46. The van der Waals surface area contributed by atoms with Crippen LogP contribution in [-0.4, -0.2) is 89.4 Å². The third kappa shape index (κ3) is 18.8. The second-order valence-electron chi connectivity index (χ2n) is 7.04. The molecule has 3 nitrogen and oxygen atoms in total. The molecule has 0 spiro atoms. The van der Waals surface area contributed by atoms with Gasteiger partial charge in [0.15, 0.2) is 0 Å². The van der Waals surface area contributed by atoms with E-state index in [2.05, 4.69) is 54.2 Å². The molecule has 0 atom stereocenters. The number of nitrogens with zero attached hydrogens (tertiary/aromatic N) is 3. The molecule has 5 heteroatoms. The monoisotopic (exact) mass is 301 g/mol. The van der Waals surface area contributed by atoms with Gasteiger partial charge < -0.3 is 38.7 Å². The molecule has 0 unspecified atom stereocenters. The molecule has 0 radical (unpaired) electrons. The Morgan fingerprint density at radius 1 is 0.667 bits per heavy atom. The Labute approximate surface area is 127 Å². The zero-order valence-corrected chi connectivity index (χ0v) is 14.9. The first-order chi connectivity index (χ1) is 7.10. The molecule has 0 rings (SSSR count). The van der Waals surface area contributed by atoms with Crippen LogP contribution in [0, 0.1) is 0 Å². The largest absolute Gasteiger partial charge is 1.00 e. The quantitative estimate of drug-likeness (QED) is 0.407. The Bertz CT molecular complexity index is 166. The molecule has 0 heterocycles. The predicted octanol–water partition coefficient (Wildman–Crippen LogP) is -4.88. The Hall–Kier alpha value is 0.460. The van der Waals surface area contributed by atoms with Crippen molar-refractivity contribution in [1.29, 1.82) is 0 Å². The Balaban J connectivity index is -0.00000112. The second-order valence-corrected chi connectivity index (χ2v) is 7.04. The number of hydrogen-bond acceptors (Lipinski definition) is 1. The van der Waals surface area contributed by atoms with Crippen LogP contribution < -0.4 is 24.8 Å². The van der Waals surface area contributed by atoms with Crippen LogP contribution in [-0.2, 0) is 0 Å². The summed E-state index contributed by atoms with van der Waals surface area (Å²) in [5.74, 6) is 0. The molecule has 0 aromatic carbocycles. The van der Waals surface area contributed by atoms with Crippen LogP contribution >= 0.6 is 0 Å². The van der Waals surface area contributed by atoms with E-state index in [0.717, 1.165) is 8.97 Å². The predicted molar refractivity (Wildman–Crippen MR) is 72.5 cm³/mol. The summed E-state index contributed by atoms with van der Waals surface area (Å²) in [5.41, 5.74) is 0. The van der Waals surface area contributed by atoms with Gasteiger partial charge in [-0.3, -0.25) is 0 Å². The van der Waals surface area contributed by atoms with Crippen LogP contribution in [0.4, 0.5) is 0 Å². The lowest BCUT2D eigenvalue weighted by atomic mass is 10.3. The molecule has 0 fully saturated rings. The van der Waals surface area contributed by atoms with Crippen LogP contribution in [0.15, 0.2) is 0 Å². The minimum Gasteiger partial charge on any atom is -1.00 e. The topological polar surface area (TPSA) is 3.24 Å². The smallest absolute Gasteiger partial charge is 0.0792 e. The molecule has 0 bridgehead atoms. The minimum absolute atomic E-state index is 0. The second kappa shape index (κ2) is 10.3. The lowest BCUT2D eigenvalue weighted by Gasteiger charge is -2.27. The van der Waals surface area contributed by atoms with Crippen molar-refractivity contribution in [1.82, 2.24) is 4.90 Å². The number of hydrogen-bond donors (Lipinski definition) is 0. The van der Waals surface area contributed by atoms with Crippen molar-refractivity contribution in [2.75, 3.05) is 75.5 Å². The summed E-state index contributed by atoms with van der Waals surface area (Å²) >= 11 is 0. The average molecular weight is 302 g/mol. The number of rotatable bonds is 8. The normalized spacial score (nSPS) is 12.0. The fourth-order valence-corrected chi connectivity index (χ4v) is 1.74. The van der Waals surface area contributed by atoms with E-state index in [1.807, 2.05) is 0 Å². The maximum atomic E-state index is 2.46. The van der Waals surface area contributed by atoms with Crippen molar-refractivity contribution in [3.8, 4) is 0 Å². The summed E-state index contributed by atoms with van der Waals surface area (Å²) in [4.78, 5) is 2.46. The fraction of sp³-hybridized carbons (Fsp3) is 1.00. The molecule has 0 saturated heterocycles. The fourth-order valence-electron chi connectivity index (χ4n) is 1.74. The van der Waals surface area contributed by atoms with Crippen LogP contribution in [0.3, 0.4) is 0 Å². The van der Waals surface area contributed by atoms with Gasteiger partial charge in [0, 0.05) is 25.9 Å². The van der Waals surface area contributed by atoms with E-state index < -0.39 is 0 Å². The zero-order valence-electron chi connectivity index (χ0n) is 13.3. The van der Waals surface area contributed by atoms with Crippen LogP contribution in [0.25, 0.3) is 0 Å². The highest BCUT2D eigenvalue weighted by atomic mass is 35.5. The van der Waals surface area contributed by atoms with Crippen LogP contribution in [0.2, 0.25) is 0 Å². The third-order valence-electron chi connectivity index (χ3n) is 2.74. The molecule has 0 aromatic heterocycles. The Morgan fingerprint density at radius 2 is 0.944 bits per heavy atom. The van der Waals surface area contributed by atoms with Gasteiger partial charge in [-0.15, -0.1) is 0 Å². The number of quaternary nitrogens is 2. The van der Waals surface area contributed by atoms with Crippen LogP contribution in [0.5, 0.6) is 0 Å². The van der Waals surface area contributed by atoms with Crippen molar-refractivity contribution in [3.05, 3.63) is 0 Å². The molecule has 0 amide bonds. The summed E-state index contributed by atoms with van der Waals surface area (Å²) in [6.07, 6.45) is 2.59. The number of halogens is 2. The summed E-state index contributed by atoms with van der Waals surface area (Å²) in [6.45, 7) is 4.98. The van der Waals surface area contributed by atoms with Crippen molar-refractivity contribution >= 4 is 0 Å². The highest BCUT2D eigenvalue weighted by molar-refractivity contribution is 4.51. The molecule has 0 N–H and O–H groups in total. The van der Waals surface area contributed by atoms with Gasteiger partial charge in [0.2, 0.25) is 0 Å². The highest BCUT2D eigenvalue weighted by Gasteiger charge is 2.09. The van der Waals surface area contributed by atoms with Gasteiger partial charge in [0.05, 0.1) is 55.4 Å². The van der Waals surface area contributed by atoms with Crippen molar-refractivity contribution in [2.24, 2.45) is 0 Å². The molecular weight excluding hydrogens is 269 g/mol. The van der Waals surface area contributed by atoms with E-state index in [4.69, 9.17) is 0 Å². The zero-order chi connectivity index (χ0) is 12.8. The van der Waals surface area contributed by atoms with E-state index in [1.54, 1.807) is 0 Å². The van der Waals surface area contributed by atoms with Gasteiger partial charge in [-0.2, -0.15) is 0 Å². The molecule has 0 aromatic rings. The molecule has 114 valence electrons. The molecule has 0 aliphatic heterocycles. The van der Waals surface area contributed by atoms with E-state index >= 15 is 0 Å². The molecule has 0 saturated carbocycles. The molecule has 18 heavy (non-hydrogen) atoms. The van der Waals surface area contributed by atoms with E-state index in [-0.39, 0.29) is 24.8 Å². The Kier molecular flexibility index (Phi) is 13.4. The maximum Gasteiger partial charge on any atom is 0.0792 e. The van der Waals surface area contributed by atoms with Crippen molar-refractivity contribution in [3.63, 3.8) is 0 Å². The SMILES string of the molecule is CN(CCC[N+](C)(C)C)CCC[N+](C)(C)C.[Cl-].[Cl-]. The van der Waals surface area contributed by atoms with E-state index in [1.165, 1.54) is 39.0 Å². The van der Waals surface area contributed by atoms with Gasteiger partial charge >= 0.3 is 0 Å². The van der Waals surface area contributed by atoms with Gasteiger partial charge in [-0.1, -0.05) is 0 Å². The Morgan fingerprint density at radius 3 is 1.17 bits per heavy atom. The molecule has 0 aliphatic rings. The van der Waals surface area contributed by atoms with E-state index in [0.29, 0.717) is 0 Å². The summed E-state index contributed by atoms with van der Waals surface area (Å²) < 4.78 is 2.15. The minimum atomic E-state index is 0. The van der Waals surface area contributed by atoms with Gasteiger partial charge in [0.25, 0.3) is 0 Å². The van der Waals surface area contributed by atoms with Crippen molar-refractivity contribution < 1.29 is 33.8 Å². The lowest BCUT2D eigenvalue weighted by molar-refractivity contribution is -0.870. The highest BCUT2D eigenvalue weighted by Crippen LogP contribution is 1.98. The summed E-state index contributed by atoms with van der Waals surface area (Å²) in [7, 11) is 15.8. The molecule has 0 aliphatic carbocycles. The van der Waals surface area contributed by atoms with Crippen molar-refractivity contribution in [2.45, 2.75) is 12.8 Å².